The first-order valence-corrected chi connectivity index (χ1v) is 7.18. The molecule has 1 aliphatic heterocycles. The third kappa shape index (κ3) is 4.09. The average Bonchev–Trinajstić information content (AvgIpc) is 2.43. The van der Waals surface area contributed by atoms with E-state index in [0.717, 1.165) is 0 Å². The Hall–Kier alpha value is -1.79. The second-order valence-electron chi connectivity index (χ2n) is 5.98. The fraction of sp³-hybridized carbons (Fsp3) is 0.786. The zero-order chi connectivity index (χ0) is 16.2. The molecule has 1 unspecified atom stereocenters. The number of piperidine rings is 1. The molecule has 21 heavy (non-hydrogen) atoms. The number of likely N-dealkylation sites (tertiary alicyclic amines) is 1. The van der Waals surface area contributed by atoms with Crippen molar-refractivity contribution in [3.8, 4) is 0 Å². The van der Waals surface area contributed by atoms with Crippen LogP contribution in [-0.4, -0.2) is 78.0 Å². The normalized spacial score (nSPS) is 21.8. The Kier molecular flexibility index (Phi) is 5.57. The zero-order valence-electron chi connectivity index (χ0n) is 13.3. The van der Waals surface area contributed by atoms with Crippen LogP contribution in [0.3, 0.4) is 0 Å². The van der Waals surface area contributed by atoms with Crippen LogP contribution < -0.4 is 0 Å². The Balaban J connectivity index is 2.76. The van der Waals surface area contributed by atoms with E-state index in [-0.39, 0.29) is 25.0 Å². The number of rotatable bonds is 4. The van der Waals surface area contributed by atoms with E-state index < -0.39 is 11.4 Å². The van der Waals surface area contributed by atoms with Gasteiger partial charge in [0.25, 0.3) is 0 Å². The van der Waals surface area contributed by atoms with Gasteiger partial charge < -0.3 is 19.8 Å². The first-order valence-electron chi connectivity index (χ1n) is 7.18. The van der Waals surface area contributed by atoms with Crippen molar-refractivity contribution in [2.75, 3.05) is 40.3 Å². The van der Waals surface area contributed by atoms with Crippen molar-refractivity contribution in [3.63, 3.8) is 0 Å². The van der Waals surface area contributed by atoms with Crippen LogP contribution in [-0.2, 0) is 9.59 Å². The molecule has 0 aromatic heterocycles. The van der Waals surface area contributed by atoms with Crippen LogP contribution in [0.4, 0.5) is 4.79 Å². The fourth-order valence-corrected chi connectivity index (χ4v) is 2.40. The van der Waals surface area contributed by atoms with Crippen LogP contribution in [0.5, 0.6) is 0 Å². The van der Waals surface area contributed by atoms with Crippen LogP contribution >= 0.6 is 0 Å². The highest BCUT2D eigenvalue weighted by atomic mass is 16.4. The molecule has 1 heterocycles. The molecule has 1 atom stereocenters. The summed E-state index contributed by atoms with van der Waals surface area (Å²) in [6, 6.07) is -0.264. The SMILES string of the molecule is CCN(CC(=O)N(C)C)C(=O)N1CCCC(C)(C(=O)O)C1. The molecule has 0 aliphatic carbocycles. The van der Waals surface area contributed by atoms with Crippen molar-refractivity contribution < 1.29 is 19.5 Å². The lowest BCUT2D eigenvalue weighted by Gasteiger charge is -2.39. The molecule has 0 spiro atoms. The summed E-state index contributed by atoms with van der Waals surface area (Å²) in [5, 5.41) is 9.30. The number of nitrogens with zero attached hydrogens (tertiary/aromatic N) is 3. The van der Waals surface area contributed by atoms with E-state index in [1.165, 1.54) is 9.80 Å². The molecule has 7 nitrogen and oxygen atoms in total. The fourth-order valence-electron chi connectivity index (χ4n) is 2.40. The first-order chi connectivity index (χ1) is 9.71. The van der Waals surface area contributed by atoms with Gasteiger partial charge in [-0.1, -0.05) is 0 Å². The van der Waals surface area contributed by atoms with Crippen molar-refractivity contribution in [1.82, 2.24) is 14.7 Å². The minimum absolute atomic E-state index is 0.0165. The molecule has 0 aromatic rings. The molecule has 0 aromatic carbocycles. The maximum Gasteiger partial charge on any atom is 0.320 e. The predicted molar refractivity (Wildman–Crippen MR) is 77.9 cm³/mol. The van der Waals surface area contributed by atoms with Gasteiger partial charge in [0.15, 0.2) is 0 Å². The number of amides is 3. The van der Waals surface area contributed by atoms with Crippen LogP contribution in [0.1, 0.15) is 26.7 Å². The van der Waals surface area contributed by atoms with Gasteiger partial charge in [0.2, 0.25) is 5.91 Å². The summed E-state index contributed by atoms with van der Waals surface area (Å²) >= 11 is 0. The topological polar surface area (TPSA) is 81.2 Å². The Morgan fingerprint density at radius 2 is 1.90 bits per heavy atom. The molecular weight excluding hydrogens is 274 g/mol. The van der Waals surface area contributed by atoms with Crippen molar-refractivity contribution in [2.24, 2.45) is 5.41 Å². The number of hydrogen-bond donors (Lipinski definition) is 1. The lowest BCUT2D eigenvalue weighted by atomic mass is 9.82. The predicted octanol–water partition coefficient (Wildman–Crippen LogP) is 0.703. The van der Waals surface area contributed by atoms with E-state index >= 15 is 0 Å². The Labute approximate surface area is 125 Å². The summed E-state index contributed by atoms with van der Waals surface area (Å²) in [4.78, 5) is 40.0. The second-order valence-corrected chi connectivity index (χ2v) is 5.98. The third-order valence-corrected chi connectivity index (χ3v) is 3.96. The van der Waals surface area contributed by atoms with Crippen molar-refractivity contribution in [3.05, 3.63) is 0 Å². The van der Waals surface area contributed by atoms with Gasteiger partial charge in [0, 0.05) is 33.7 Å². The third-order valence-electron chi connectivity index (χ3n) is 3.96. The van der Waals surface area contributed by atoms with Crippen molar-refractivity contribution in [1.29, 1.82) is 0 Å². The highest BCUT2D eigenvalue weighted by molar-refractivity contribution is 5.84. The molecule has 1 aliphatic rings. The minimum Gasteiger partial charge on any atom is -0.481 e. The van der Waals surface area contributed by atoms with Gasteiger partial charge in [-0.3, -0.25) is 9.59 Å². The van der Waals surface area contributed by atoms with Crippen LogP contribution in [0, 0.1) is 5.41 Å². The average molecular weight is 299 g/mol. The summed E-state index contributed by atoms with van der Waals surface area (Å²) in [6.45, 7) is 4.63. The van der Waals surface area contributed by atoms with Gasteiger partial charge in [0.05, 0.1) is 5.41 Å². The van der Waals surface area contributed by atoms with Gasteiger partial charge >= 0.3 is 12.0 Å². The Morgan fingerprint density at radius 3 is 2.38 bits per heavy atom. The highest BCUT2D eigenvalue weighted by Gasteiger charge is 2.40. The molecule has 0 bridgehead atoms. The van der Waals surface area contributed by atoms with Crippen molar-refractivity contribution >= 4 is 17.9 Å². The zero-order valence-corrected chi connectivity index (χ0v) is 13.3. The Morgan fingerprint density at radius 1 is 1.29 bits per heavy atom. The summed E-state index contributed by atoms with van der Waals surface area (Å²) < 4.78 is 0. The highest BCUT2D eigenvalue weighted by Crippen LogP contribution is 2.30. The molecular formula is C14H25N3O4. The second kappa shape index (κ2) is 6.78. The van der Waals surface area contributed by atoms with Crippen LogP contribution in [0.15, 0.2) is 0 Å². The number of carboxylic acids is 1. The van der Waals surface area contributed by atoms with E-state index in [0.29, 0.717) is 25.9 Å². The first kappa shape index (κ1) is 17.3. The van der Waals surface area contributed by atoms with Gasteiger partial charge in [-0.05, 0) is 26.7 Å². The van der Waals surface area contributed by atoms with E-state index in [9.17, 15) is 19.5 Å². The number of carbonyl (C=O) groups is 3. The largest absolute Gasteiger partial charge is 0.481 e. The molecule has 7 heteroatoms. The molecule has 1 N–H and O–H groups in total. The maximum atomic E-state index is 12.5. The van der Waals surface area contributed by atoms with Gasteiger partial charge in [-0.25, -0.2) is 4.79 Å². The lowest BCUT2D eigenvalue weighted by Crippen LogP contribution is -2.53. The summed E-state index contributed by atoms with van der Waals surface area (Å²) in [6.07, 6.45) is 1.22. The molecule has 0 saturated carbocycles. The summed E-state index contributed by atoms with van der Waals surface area (Å²) in [5.41, 5.74) is -0.904. The van der Waals surface area contributed by atoms with Gasteiger partial charge in [-0.15, -0.1) is 0 Å². The summed E-state index contributed by atoms with van der Waals surface area (Å²) in [5.74, 6) is -1.03. The van der Waals surface area contributed by atoms with Crippen molar-refractivity contribution in [2.45, 2.75) is 26.7 Å². The molecule has 1 rings (SSSR count). The van der Waals surface area contributed by atoms with E-state index in [2.05, 4.69) is 0 Å². The molecule has 3 amide bonds. The number of hydrogen-bond acceptors (Lipinski definition) is 3. The van der Waals surface area contributed by atoms with E-state index in [1.54, 1.807) is 32.8 Å². The van der Waals surface area contributed by atoms with Gasteiger partial charge in [-0.2, -0.15) is 0 Å². The monoisotopic (exact) mass is 299 g/mol. The number of carboxylic acid groups (broad SMARTS) is 1. The molecule has 0 radical (unpaired) electrons. The molecule has 1 fully saturated rings. The Bertz CT molecular complexity index is 424. The van der Waals surface area contributed by atoms with E-state index in [1.807, 2.05) is 0 Å². The number of carbonyl (C=O) groups excluding carboxylic acids is 2. The number of likely N-dealkylation sites (N-methyl/N-ethyl adjacent to an activating group) is 2. The number of urea groups is 1. The van der Waals surface area contributed by atoms with Crippen LogP contribution in [0.25, 0.3) is 0 Å². The maximum absolute atomic E-state index is 12.5. The molecule has 1 saturated heterocycles. The van der Waals surface area contributed by atoms with Crippen LogP contribution in [0.2, 0.25) is 0 Å². The molecule has 120 valence electrons. The van der Waals surface area contributed by atoms with Gasteiger partial charge in [0.1, 0.15) is 6.54 Å². The lowest BCUT2D eigenvalue weighted by molar-refractivity contribution is -0.150. The minimum atomic E-state index is -0.904. The number of aliphatic carboxylic acids is 1. The smallest absolute Gasteiger partial charge is 0.320 e. The standard InChI is InChI=1S/C14H25N3O4/c1-5-16(9-11(18)15(3)4)13(21)17-8-6-7-14(2,10-17)12(19)20/h5-10H2,1-4H3,(H,19,20). The van der Waals surface area contributed by atoms with E-state index in [4.69, 9.17) is 0 Å². The summed E-state index contributed by atoms with van der Waals surface area (Å²) in [7, 11) is 3.28. The quantitative estimate of drug-likeness (QED) is 0.828.